The van der Waals surface area contributed by atoms with Crippen molar-refractivity contribution in [3.05, 3.63) is 46.3 Å². The van der Waals surface area contributed by atoms with Gasteiger partial charge in [0.15, 0.2) is 0 Å². The summed E-state index contributed by atoms with van der Waals surface area (Å²) < 4.78 is 33.3. The molecule has 1 fully saturated rings. The number of halogens is 1. The van der Waals surface area contributed by atoms with Gasteiger partial charge in [0.05, 0.1) is 11.4 Å². The van der Waals surface area contributed by atoms with Gasteiger partial charge in [-0.1, -0.05) is 23.7 Å². The minimum Gasteiger partial charge on any atom is -0.497 e. The molecule has 130 valence electrons. The molecule has 3 rings (SSSR count). The van der Waals surface area contributed by atoms with E-state index in [1.165, 1.54) is 0 Å². The molecule has 2 aromatic rings. The van der Waals surface area contributed by atoms with E-state index in [-0.39, 0.29) is 6.04 Å². The number of methoxy groups -OCH3 is 1. The number of ether oxygens (including phenoxy) is 1. The summed E-state index contributed by atoms with van der Waals surface area (Å²) >= 11 is 6.99. The lowest BCUT2D eigenvalue weighted by Crippen LogP contribution is -2.48. The van der Waals surface area contributed by atoms with Crippen LogP contribution in [-0.4, -0.2) is 51.4 Å². The third-order valence-corrected chi connectivity index (χ3v) is 7.80. The second kappa shape index (κ2) is 7.01. The highest BCUT2D eigenvalue weighted by Gasteiger charge is 2.34. The number of sulfonamides is 1. The summed E-state index contributed by atoms with van der Waals surface area (Å²) in [6, 6.07) is 10.9. The molecule has 0 saturated carbocycles. The van der Waals surface area contributed by atoms with E-state index in [0.29, 0.717) is 28.2 Å². The Hall–Kier alpha value is -1.12. The Balaban J connectivity index is 1.88. The summed E-state index contributed by atoms with van der Waals surface area (Å²) in [7, 11) is 0.124. The second-order valence-electron chi connectivity index (χ2n) is 5.69. The Bertz CT molecular complexity index is 822. The molecule has 0 bridgehead atoms. The average Bonchev–Trinajstić information content (AvgIpc) is 3.02. The average molecular weight is 387 g/mol. The predicted octanol–water partition coefficient (Wildman–Crippen LogP) is 3.09. The van der Waals surface area contributed by atoms with Crippen LogP contribution < -0.4 is 4.74 Å². The molecule has 1 aromatic carbocycles. The molecule has 2 heterocycles. The van der Waals surface area contributed by atoms with E-state index in [0.717, 1.165) is 22.6 Å². The van der Waals surface area contributed by atoms with Gasteiger partial charge in [-0.3, -0.25) is 4.90 Å². The van der Waals surface area contributed by atoms with Gasteiger partial charge in [0, 0.05) is 25.7 Å². The topological polar surface area (TPSA) is 49.9 Å². The van der Waals surface area contributed by atoms with Gasteiger partial charge >= 0.3 is 0 Å². The number of thiophene rings is 1. The quantitative estimate of drug-likeness (QED) is 0.810. The Morgan fingerprint density at radius 1 is 1.25 bits per heavy atom. The minimum absolute atomic E-state index is 0.0148. The zero-order valence-electron chi connectivity index (χ0n) is 13.5. The van der Waals surface area contributed by atoms with Crippen molar-refractivity contribution < 1.29 is 13.2 Å². The van der Waals surface area contributed by atoms with Crippen molar-refractivity contribution in [2.24, 2.45) is 0 Å². The molecule has 8 heteroatoms. The van der Waals surface area contributed by atoms with Gasteiger partial charge in [-0.05, 0) is 36.9 Å². The van der Waals surface area contributed by atoms with Crippen molar-refractivity contribution in [3.8, 4) is 5.75 Å². The lowest BCUT2D eigenvalue weighted by molar-refractivity contribution is 0.148. The molecule has 1 aliphatic heterocycles. The number of piperazine rings is 1. The highest BCUT2D eigenvalue weighted by atomic mass is 35.5. The zero-order valence-corrected chi connectivity index (χ0v) is 15.9. The standard InChI is InChI=1S/C16H19ClN2O3S2/c1-18-8-9-19(24(20,21)16-7-6-15(17)23-16)11-14(18)12-4-3-5-13(10-12)22-2/h3-7,10,14H,8-9,11H2,1-2H3. The number of benzene rings is 1. The Kier molecular flexibility index (Phi) is 5.17. The summed E-state index contributed by atoms with van der Waals surface area (Å²) in [6.07, 6.45) is 0. The van der Waals surface area contributed by atoms with Crippen LogP contribution in [0.15, 0.2) is 40.6 Å². The maximum Gasteiger partial charge on any atom is 0.252 e. The van der Waals surface area contributed by atoms with Crippen LogP contribution in [0.4, 0.5) is 0 Å². The lowest BCUT2D eigenvalue weighted by atomic mass is 10.0. The van der Waals surface area contributed by atoms with Crippen molar-refractivity contribution >= 4 is 33.0 Å². The lowest BCUT2D eigenvalue weighted by Gasteiger charge is -2.38. The predicted molar refractivity (Wildman–Crippen MR) is 96.5 cm³/mol. The van der Waals surface area contributed by atoms with E-state index >= 15 is 0 Å². The van der Waals surface area contributed by atoms with Crippen LogP contribution in [0.5, 0.6) is 5.75 Å². The van der Waals surface area contributed by atoms with Crippen molar-refractivity contribution in [1.82, 2.24) is 9.21 Å². The van der Waals surface area contributed by atoms with E-state index in [2.05, 4.69) is 4.90 Å². The molecule has 1 saturated heterocycles. The van der Waals surface area contributed by atoms with Crippen LogP contribution in [-0.2, 0) is 10.0 Å². The maximum absolute atomic E-state index is 12.8. The molecule has 1 unspecified atom stereocenters. The van der Waals surface area contributed by atoms with Gasteiger partial charge < -0.3 is 4.74 Å². The van der Waals surface area contributed by atoms with Crippen LogP contribution in [0.25, 0.3) is 0 Å². The maximum atomic E-state index is 12.8. The SMILES string of the molecule is COc1cccc(C2CN(S(=O)(=O)c3ccc(Cl)s3)CCN2C)c1. The minimum atomic E-state index is -3.51. The number of hydrogen-bond acceptors (Lipinski definition) is 5. The fourth-order valence-corrected chi connectivity index (χ4v) is 5.91. The summed E-state index contributed by atoms with van der Waals surface area (Å²) in [5, 5.41) is 0. The van der Waals surface area contributed by atoms with Crippen LogP contribution in [0.1, 0.15) is 11.6 Å². The van der Waals surface area contributed by atoms with Gasteiger partial charge in [-0.25, -0.2) is 8.42 Å². The normalized spacial score (nSPS) is 20.2. The fraction of sp³-hybridized carbons (Fsp3) is 0.375. The molecule has 0 N–H and O–H groups in total. The van der Waals surface area contributed by atoms with Crippen LogP contribution in [0, 0.1) is 0 Å². The number of nitrogens with zero attached hydrogens (tertiary/aromatic N) is 2. The summed E-state index contributed by atoms with van der Waals surface area (Å²) in [5.41, 5.74) is 1.04. The smallest absolute Gasteiger partial charge is 0.252 e. The monoisotopic (exact) mass is 386 g/mol. The largest absolute Gasteiger partial charge is 0.497 e. The molecule has 0 aliphatic carbocycles. The molecular weight excluding hydrogens is 368 g/mol. The van der Waals surface area contributed by atoms with E-state index in [4.69, 9.17) is 16.3 Å². The number of hydrogen-bond donors (Lipinski definition) is 0. The molecule has 1 atom stereocenters. The van der Waals surface area contributed by atoms with Crippen LogP contribution in [0.2, 0.25) is 4.34 Å². The molecular formula is C16H19ClN2O3S2. The first kappa shape index (κ1) is 17.7. The van der Waals surface area contributed by atoms with Crippen molar-refractivity contribution in [3.63, 3.8) is 0 Å². The fourth-order valence-electron chi connectivity index (χ4n) is 2.84. The summed E-state index contributed by atoms with van der Waals surface area (Å²) in [6.45, 7) is 1.54. The van der Waals surface area contributed by atoms with Gasteiger partial charge in [-0.2, -0.15) is 4.31 Å². The molecule has 1 aliphatic rings. The van der Waals surface area contributed by atoms with Crippen LogP contribution >= 0.6 is 22.9 Å². The third kappa shape index (κ3) is 3.45. The molecule has 0 amide bonds. The van der Waals surface area contributed by atoms with Gasteiger partial charge in [0.1, 0.15) is 9.96 Å². The Morgan fingerprint density at radius 2 is 2.04 bits per heavy atom. The van der Waals surface area contributed by atoms with E-state index in [9.17, 15) is 8.42 Å². The van der Waals surface area contributed by atoms with Gasteiger partial charge in [-0.15, -0.1) is 11.3 Å². The van der Waals surface area contributed by atoms with E-state index < -0.39 is 10.0 Å². The first-order valence-corrected chi connectivity index (χ1v) is 10.1. The van der Waals surface area contributed by atoms with Crippen molar-refractivity contribution in [1.29, 1.82) is 0 Å². The number of rotatable bonds is 4. The van der Waals surface area contributed by atoms with Crippen molar-refractivity contribution in [2.75, 3.05) is 33.8 Å². The summed E-state index contributed by atoms with van der Waals surface area (Å²) in [5.74, 6) is 0.769. The van der Waals surface area contributed by atoms with E-state index in [1.807, 2.05) is 31.3 Å². The molecule has 0 radical (unpaired) electrons. The molecule has 24 heavy (non-hydrogen) atoms. The van der Waals surface area contributed by atoms with E-state index in [1.54, 1.807) is 23.5 Å². The molecule has 1 aromatic heterocycles. The number of likely N-dealkylation sites (N-methyl/N-ethyl adjacent to an activating group) is 1. The Morgan fingerprint density at radius 3 is 2.71 bits per heavy atom. The third-order valence-electron chi connectivity index (χ3n) is 4.23. The zero-order chi connectivity index (χ0) is 17.3. The first-order chi connectivity index (χ1) is 11.4. The van der Waals surface area contributed by atoms with Crippen LogP contribution in [0.3, 0.4) is 0 Å². The second-order valence-corrected chi connectivity index (χ2v) is 9.57. The molecule has 0 spiro atoms. The first-order valence-electron chi connectivity index (χ1n) is 7.51. The summed E-state index contributed by atoms with van der Waals surface area (Å²) in [4.78, 5) is 2.17. The highest BCUT2D eigenvalue weighted by Crippen LogP contribution is 2.32. The van der Waals surface area contributed by atoms with Gasteiger partial charge in [0.2, 0.25) is 0 Å². The highest BCUT2D eigenvalue weighted by molar-refractivity contribution is 7.91. The van der Waals surface area contributed by atoms with Crippen molar-refractivity contribution in [2.45, 2.75) is 10.3 Å². The van der Waals surface area contributed by atoms with Gasteiger partial charge in [0.25, 0.3) is 10.0 Å². The Labute approximate surface area is 151 Å². The molecule has 5 nitrogen and oxygen atoms in total.